The SMILES string of the molecule is CC.CCCCOc1ccc(C)cc1-c1ccc(COc2ccc3c(c2)C(CCCC)CCC3)cc1. The Labute approximate surface area is 220 Å². The number of benzene rings is 3. The first-order valence-electron chi connectivity index (χ1n) is 14.3. The second-order valence-electron chi connectivity index (χ2n) is 9.78. The maximum absolute atomic E-state index is 6.24. The van der Waals surface area contributed by atoms with Gasteiger partial charge in [-0.05, 0) is 91.5 Å². The molecule has 3 aromatic rings. The van der Waals surface area contributed by atoms with Crippen LogP contribution in [-0.2, 0) is 13.0 Å². The van der Waals surface area contributed by atoms with E-state index in [1.807, 2.05) is 13.8 Å². The smallest absolute Gasteiger partial charge is 0.127 e. The summed E-state index contributed by atoms with van der Waals surface area (Å²) < 4.78 is 12.3. The molecule has 1 aliphatic rings. The van der Waals surface area contributed by atoms with Crippen molar-refractivity contribution in [1.29, 1.82) is 0 Å². The zero-order chi connectivity index (χ0) is 25.8. The summed E-state index contributed by atoms with van der Waals surface area (Å²) in [6, 6.07) is 21.9. The van der Waals surface area contributed by atoms with Crippen LogP contribution in [0, 0.1) is 6.92 Å². The van der Waals surface area contributed by atoms with E-state index >= 15 is 0 Å². The van der Waals surface area contributed by atoms with Gasteiger partial charge in [0.25, 0.3) is 0 Å². The van der Waals surface area contributed by atoms with E-state index in [0.717, 1.165) is 36.5 Å². The predicted octanol–water partition coefficient (Wildman–Crippen LogP) is 10.1. The third-order valence-electron chi connectivity index (χ3n) is 7.02. The normalized spacial score (nSPS) is 14.4. The first-order valence-corrected chi connectivity index (χ1v) is 14.3. The van der Waals surface area contributed by atoms with Gasteiger partial charge < -0.3 is 9.47 Å². The molecule has 3 aromatic carbocycles. The lowest BCUT2D eigenvalue weighted by Crippen LogP contribution is -2.10. The maximum atomic E-state index is 6.24. The quantitative estimate of drug-likeness (QED) is 0.251. The fourth-order valence-corrected chi connectivity index (χ4v) is 4.98. The van der Waals surface area contributed by atoms with Crippen molar-refractivity contribution < 1.29 is 9.47 Å². The summed E-state index contributed by atoms with van der Waals surface area (Å²) in [5.41, 5.74) is 7.84. The lowest BCUT2D eigenvalue weighted by Gasteiger charge is -2.26. The summed E-state index contributed by atoms with van der Waals surface area (Å²) in [4.78, 5) is 0. The van der Waals surface area contributed by atoms with Crippen LogP contribution in [0.3, 0.4) is 0 Å². The summed E-state index contributed by atoms with van der Waals surface area (Å²) in [7, 11) is 0. The van der Waals surface area contributed by atoms with Crippen LogP contribution in [0.15, 0.2) is 60.7 Å². The molecular weight excluding hydrogens is 440 g/mol. The molecule has 0 spiro atoms. The van der Waals surface area contributed by atoms with Crippen LogP contribution in [0.2, 0.25) is 0 Å². The van der Waals surface area contributed by atoms with Gasteiger partial charge in [0, 0.05) is 5.56 Å². The van der Waals surface area contributed by atoms with Gasteiger partial charge >= 0.3 is 0 Å². The number of fused-ring (bicyclic) bond motifs is 1. The van der Waals surface area contributed by atoms with Crippen molar-refractivity contribution in [3.05, 3.63) is 82.9 Å². The highest BCUT2D eigenvalue weighted by atomic mass is 16.5. The Balaban J connectivity index is 0.00000176. The molecule has 4 rings (SSSR count). The molecule has 0 heterocycles. The molecule has 1 aliphatic carbocycles. The molecule has 0 N–H and O–H groups in total. The van der Waals surface area contributed by atoms with Gasteiger partial charge in [0.15, 0.2) is 0 Å². The third kappa shape index (κ3) is 7.63. The van der Waals surface area contributed by atoms with Crippen molar-refractivity contribution >= 4 is 0 Å². The van der Waals surface area contributed by atoms with E-state index in [4.69, 9.17) is 9.47 Å². The van der Waals surface area contributed by atoms with Crippen LogP contribution >= 0.6 is 0 Å². The summed E-state index contributed by atoms with van der Waals surface area (Å²) in [6.45, 7) is 12.0. The van der Waals surface area contributed by atoms with E-state index in [2.05, 4.69) is 81.4 Å². The average Bonchev–Trinajstić information content (AvgIpc) is 2.93. The van der Waals surface area contributed by atoms with Gasteiger partial charge in [-0.15, -0.1) is 0 Å². The second kappa shape index (κ2) is 14.7. The van der Waals surface area contributed by atoms with Crippen LogP contribution in [0.5, 0.6) is 11.5 Å². The monoisotopic (exact) mass is 486 g/mol. The molecule has 0 saturated carbocycles. The minimum atomic E-state index is 0.590. The molecule has 0 saturated heterocycles. The van der Waals surface area contributed by atoms with Crippen molar-refractivity contribution in [3.63, 3.8) is 0 Å². The second-order valence-corrected chi connectivity index (χ2v) is 9.78. The summed E-state index contributed by atoms with van der Waals surface area (Å²) in [5, 5.41) is 0. The highest BCUT2D eigenvalue weighted by Gasteiger charge is 2.20. The van der Waals surface area contributed by atoms with Crippen molar-refractivity contribution in [2.45, 2.75) is 98.5 Å². The summed E-state index contributed by atoms with van der Waals surface area (Å²) in [6.07, 6.45) is 9.95. The van der Waals surface area contributed by atoms with Gasteiger partial charge in [0.05, 0.1) is 6.61 Å². The molecule has 0 radical (unpaired) electrons. The van der Waals surface area contributed by atoms with Gasteiger partial charge in [0.1, 0.15) is 18.1 Å². The maximum Gasteiger partial charge on any atom is 0.127 e. The molecule has 1 unspecified atom stereocenters. The Morgan fingerprint density at radius 2 is 1.61 bits per heavy atom. The van der Waals surface area contributed by atoms with Crippen molar-refractivity contribution in [3.8, 4) is 22.6 Å². The number of hydrogen-bond acceptors (Lipinski definition) is 2. The minimum absolute atomic E-state index is 0.590. The summed E-state index contributed by atoms with van der Waals surface area (Å²) >= 11 is 0. The van der Waals surface area contributed by atoms with E-state index in [-0.39, 0.29) is 0 Å². The van der Waals surface area contributed by atoms with Gasteiger partial charge in [-0.2, -0.15) is 0 Å². The van der Waals surface area contributed by atoms with E-state index in [9.17, 15) is 0 Å². The zero-order valence-electron chi connectivity index (χ0n) is 23.2. The highest BCUT2D eigenvalue weighted by Crippen LogP contribution is 2.37. The van der Waals surface area contributed by atoms with Crippen LogP contribution in [0.25, 0.3) is 11.1 Å². The van der Waals surface area contributed by atoms with Crippen LogP contribution in [0.4, 0.5) is 0 Å². The molecule has 0 fully saturated rings. The molecule has 2 nitrogen and oxygen atoms in total. The first-order chi connectivity index (χ1) is 17.7. The topological polar surface area (TPSA) is 18.5 Å². The number of aryl methyl sites for hydroxylation is 2. The molecule has 0 bridgehead atoms. The Morgan fingerprint density at radius 3 is 2.36 bits per heavy atom. The molecule has 0 aromatic heterocycles. The average molecular weight is 487 g/mol. The Hall–Kier alpha value is -2.74. The minimum Gasteiger partial charge on any atom is -0.493 e. The van der Waals surface area contributed by atoms with E-state index < -0.39 is 0 Å². The number of unbranched alkanes of at least 4 members (excludes halogenated alkanes) is 2. The highest BCUT2D eigenvalue weighted by molar-refractivity contribution is 5.71. The predicted molar refractivity (Wildman–Crippen MR) is 154 cm³/mol. The molecular formula is C34H46O2. The molecule has 1 atom stereocenters. The third-order valence-corrected chi connectivity index (χ3v) is 7.02. The van der Waals surface area contributed by atoms with Gasteiger partial charge in [-0.1, -0.05) is 88.9 Å². The van der Waals surface area contributed by atoms with E-state index in [1.54, 1.807) is 0 Å². The lowest BCUT2D eigenvalue weighted by molar-refractivity contribution is 0.305. The summed E-state index contributed by atoms with van der Waals surface area (Å²) in [5.74, 6) is 2.67. The van der Waals surface area contributed by atoms with Crippen molar-refractivity contribution in [1.82, 2.24) is 0 Å². The Bertz CT molecular complexity index is 1050. The Kier molecular flexibility index (Phi) is 11.4. The first kappa shape index (κ1) is 27.8. The largest absolute Gasteiger partial charge is 0.493 e. The molecule has 194 valence electrons. The number of rotatable bonds is 11. The van der Waals surface area contributed by atoms with Crippen molar-refractivity contribution in [2.75, 3.05) is 6.61 Å². The van der Waals surface area contributed by atoms with Crippen LogP contribution < -0.4 is 9.47 Å². The van der Waals surface area contributed by atoms with Gasteiger partial charge in [-0.25, -0.2) is 0 Å². The molecule has 0 amide bonds. The number of ether oxygens (including phenoxy) is 2. The standard InChI is InChI=1S/C32H40O2.C2H6/c1-4-6-9-26-10-8-11-27-17-18-29(22-30(26)27)34-23-25-13-15-28(16-14-25)31-21-24(3)12-19-32(31)33-20-7-5-2;1-2/h12-19,21-22,26H,4-11,20,23H2,1-3H3;1-2H3. The molecule has 36 heavy (non-hydrogen) atoms. The van der Waals surface area contributed by atoms with E-state index in [0.29, 0.717) is 12.5 Å². The molecule has 0 aliphatic heterocycles. The van der Waals surface area contributed by atoms with Gasteiger partial charge in [-0.3, -0.25) is 0 Å². The Morgan fingerprint density at radius 1 is 0.833 bits per heavy atom. The van der Waals surface area contributed by atoms with Crippen molar-refractivity contribution in [2.24, 2.45) is 0 Å². The van der Waals surface area contributed by atoms with Gasteiger partial charge in [0.2, 0.25) is 0 Å². The fourth-order valence-electron chi connectivity index (χ4n) is 4.98. The molecule has 2 heteroatoms. The van der Waals surface area contributed by atoms with Crippen LogP contribution in [0.1, 0.15) is 101 Å². The number of hydrogen-bond donors (Lipinski definition) is 0. The van der Waals surface area contributed by atoms with E-state index in [1.165, 1.54) is 66.3 Å². The van der Waals surface area contributed by atoms with Crippen LogP contribution in [-0.4, -0.2) is 6.61 Å². The fraction of sp³-hybridized carbons (Fsp3) is 0.471. The zero-order valence-corrected chi connectivity index (χ0v) is 23.2. The lowest BCUT2D eigenvalue weighted by atomic mass is 9.80.